The fourth-order valence-electron chi connectivity index (χ4n) is 3.95. The highest BCUT2D eigenvalue weighted by Gasteiger charge is 2.22. The first kappa shape index (κ1) is 20.4. The Morgan fingerprint density at radius 3 is 2.45 bits per heavy atom. The van der Waals surface area contributed by atoms with Crippen LogP contribution in [0.4, 0.5) is 5.69 Å². The van der Waals surface area contributed by atoms with Crippen molar-refractivity contribution in [3.63, 3.8) is 0 Å². The van der Waals surface area contributed by atoms with Crippen molar-refractivity contribution in [1.29, 1.82) is 5.53 Å². The summed E-state index contributed by atoms with van der Waals surface area (Å²) >= 11 is 0. The number of nitrogens with two attached hydrogens (primary N) is 1. The zero-order valence-electron chi connectivity index (χ0n) is 16.9. The molecule has 0 radical (unpaired) electrons. The van der Waals surface area contributed by atoms with Crippen LogP contribution in [0.15, 0.2) is 63.5 Å². The predicted octanol–water partition coefficient (Wildman–Crippen LogP) is 4.00. The van der Waals surface area contributed by atoms with Crippen LogP contribution in [0.3, 0.4) is 0 Å². The number of benzene rings is 2. The summed E-state index contributed by atoms with van der Waals surface area (Å²) in [6.07, 6.45) is 3.51. The van der Waals surface area contributed by atoms with Crippen molar-refractivity contribution in [3.05, 3.63) is 59.2 Å². The molecule has 2 aliphatic rings. The van der Waals surface area contributed by atoms with Gasteiger partial charge in [0.25, 0.3) is 11.8 Å². The summed E-state index contributed by atoms with van der Waals surface area (Å²) in [5.41, 5.74) is 11.5. The number of nitrogens with one attached hydrogen (secondary N) is 2. The molecular weight excluding hydrogens is 394 g/mol. The molecule has 4 N–H and O–H groups in total. The van der Waals surface area contributed by atoms with E-state index in [1.54, 1.807) is 6.08 Å². The number of hydrogen-bond donors (Lipinski definition) is 3. The first-order chi connectivity index (χ1) is 15.1. The standard InChI is InChI=1S/C22H23N7O2/c23-26-21(30)18-11-17-8-7-16(12-19(17)25-20(13-18)27-28-24)14-3-5-15(6-4-14)22(31)29-9-1-2-10-29/h3-8,11-12,20,23,25H,1-2,9-10,13H2,(H2,24,27). The van der Waals surface area contributed by atoms with Gasteiger partial charge in [0.05, 0.1) is 0 Å². The van der Waals surface area contributed by atoms with Crippen molar-refractivity contribution in [3.8, 4) is 11.1 Å². The molecule has 0 aliphatic carbocycles. The van der Waals surface area contributed by atoms with E-state index in [0.29, 0.717) is 11.1 Å². The van der Waals surface area contributed by atoms with Crippen molar-refractivity contribution in [1.82, 2.24) is 4.90 Å². The van der Waals surface area contributed by atoms with E-state index in [-0.39, 0.29) is 12.3 Å². The Morgan fingerprint density at radius 1 is 1.06 bits per heavy atom. The largest absolute Gasteiger partial charge is 0.361 e. The van der Waals surface area contributed by atoms with Crippen molar-refractivity contribution in [2.75, 3.05) is 18.4 Å². The van der Waals surface area contributed by atoms with Gasteiger partial charge in [-0.2, -0.15) is 0 Å². The molecular formula is C22H23N7O2. The summed E-state index contributed by atoms with van der Waals surface area (Å²) in [6, 6.07) is 13.4. The van der Waals surface area contributed by atoms with Gasteiger partial charge in [0.15, 0.2) is 0 Å². The minimum Gasteiger partial charge on any atom is -0.361 e. The van der Waals surface area contributed by atoms with Crippen LogP contribution in [0.2, 0.25) is 0 Å². The van der Waals surface area contributed by atoms with Crippen LogP contribution >= 0.6 is 0 Å². The average molecular weight is 417 g/mol. The smallest absolute Gasteiger partial charge is 0.290 e. The van der Waals surface area contributed by atoms with E-state index in [9.17, 15) is 9.59 Å². The molecule has 2 heterocycles. The van der Waals surface area contributed by atoms with E-state index in [2.05, 4.69) is 20.8 Å². The molecule has 0 spiro atoms. The average Bonchev–Trinajstić information content (AvgIpc) is 3.27. The van der Waals surface area contributed by atoms with Gasteiger partial charge in [-0.05, 0) is 53.8 Å². The number of hydrogen-bond acceptors (Lipinski definition) is 6. The molecule has 0 saturated carbocycles. The van der Waals surface area contributed by atoms with E-state index >= 15 is 0 Å². The highest BCUT2D eigenvalue weighted by Crippen LogP contribution is 2.32. The lowest BCUT2D eigenvalue weighted by Crippen LogP contribution is -2.27. The fraction of sp³-hybridized carbons (Fsp3) is 0.273. The number of nitrogens with zero attached hydrogens (tertiary/aromatic N) is 4. The van der Waals surface area contributed by atoms with Gasteiger partial charge in [0.2, 0.25) is 0 Å². The van der Waals surface area contributed by atoms with Crippen molar-refractivity contribution < 1.29 is 9.59 Å². The van der Waals surface area contributed by atoms with Gasteiger partial charge < -0.3 is 16.1 Å². The second-order valence-electron chi connectivity index (χ2n) is 7.56. The predicted molar refractivity (Wildman–Crippen MR) is 116 cm³/mol. The Balaban J connectivity index is 1.63. The number of rotatable bonds is 4. The zero-order chi connectivity index (χ0) is 21.8. The Kier molecular flexibility index (Phi) is 5.83. The van der Waals surface area contributed by atoms with Crippen LogP contribution in [0, 0.1) is 5.53 Å². The van der Waals surface area contributed by atoms with E-state index in [1.807, 2.05) is 47.4 Å². The normalized spacial score (nSPS) is 18.1. The van der Waals surface area contributed by atoms with Crippen LogP contribution in [-0.4, -0.2) is 36.0 Å². The summed E-state index contributed by atoms with van der Waals surface area (Å²) in [6.45, 7) is 1.65. The number of anilines is 1. The number of carbonyl (C=O) groups excluding carboxylic acids is 2. The lowest BCUT2D eigenvalue weighted by Gasteiger charge is -2.16. The molecule has 4 rings (SSSR count). The molecule has 9 heteroatoms. The molecule has 9 nitrogen and oxygen atoms in total. The third-order valence-corrected chi connectivity index (χ3v) is 5.56. The van der Waals surface area contributed by atoms with Crippen LogP contribution < -0.4 is 11.2 Å². The van der Waals surface area contributed by atoms with Gasteiger partial charge in [-0.15, -0.1) is 10.2 Å². The van der Waals surface area contributed by atoms with Gasteiger partial charge in [0, 0.05) is 36.3 Å². The molecule has 2 amide bonds. The number of carbonyl (C=O) groups is 2. The summed E-state index contributed by atoms with van der Waals surface area (Å²) < 4.78 is 0. The Morgan fingerprint density at radius 2 is 1.77 bits per heavy atom. The summed E-state index contributed by atoms with van der Waals surface area (Å²) in [5, 5.41) is 13.5. The second-order valence-corrected chi connectivity index (χ2v) is 7.56. The maximum atomic E-state index is 12.6. The highest BCUT2D eigenvalue weighted by molar-refractivity contribution is 5.99. The molecule has 31 heavy (non-hydrogen) atoms. The summed E-state index contributed by atoms with van der Waals surface area (Å²) in [5.74, 6) is 4.67. The Hall–Kier alpha value is -3.88. The molecule has 2 aromatic rings. The van der Waals surface area contributed by atoms with Crippen LogP contribution in [-0.2, 0) is 4.79 Å². The lowest BCUT2D eigenvalue weighted by molar-refractivity contribution is -0.115. The third-order valence-electron chi connectivity index (χ3n) is 5.56. The maximum Gasteiger partial charge on any atom is 0.290 e. The van der Waals surface area contributed by atoms with E-state index in [1.165, 1.54) is 0 Å². The van der Waals surface area contributed by atoms with Crippen LogP contribution in [0.5, 0.6) is 0 Å². The van der Waals surface area contributed by atoms with Gasteiger partial charge in [-0.3, -0.25) is 9.59 Å². The topological polar surface area (TPSA) is 136 Å². The van der Waals surface area contributed by atoms with E-state index < -0.39 is 12.1 Å². The minimum absolute atomic E-state index is 0.0739. The number of likely N-dealkylation sites (tertiary alicyclic amines) is 1. The minimum atomic E-state index is -0.616. The Bertz CT molecular complexity index is 1070. The summed E-state index contributed by atoms with van der Waals surface area (Å²) in [7, 11) is 0. The molecule has 0 aromatic heterocycles. The third kappa shape index (κ3) is 4.35. The van der Waals surface area contributed by atoms with Crippen molar-refractivity contribution >= 4 is 23.6 Å². The first-order valence-corrected chi connectivity index (χ1v) is 10.1. The Labute approximate surface area is 179 Å². The van der Waals surface area contributed by atoms with Crippen molar-refractivity contribution in [2.45, 2.75) is 25.4 Å². The lowest BCUT2D eigenvalue weighted by atomic mass is 10.00. The summed E-state index contributed by atoms with van der Waals surface area (Å²) in [4.78, 5) is 26.4. The molecule has 158 valence electrons. The van der Waals surface area contributed by atoms with Crippen molar-refractivity contribution in [2.24, 2.45) is 21.3 Å². The quantitative estimate of drug-likeness (QED) is 0.393. The van der Waals surface area contributed by atoms with Gasteiger partial charge in [-0.25, -0.2) is 5.53 Å². The maximum absolute atomic E-state index is 12.6. The van der Waals surface area contributed by atoms with Gasteiger partial charge in [0.1, 0.15) is 6.17 Å². The first-order valence-electron chi connectivity index (χ1n) is 10.1. The zero-order valence-corrected chi connectivity index (χ0v) is 16.9. The SMILES string of the molecule is N=NC(=O)C1=Cc2ccc(-c3ccc(C(=O)N4CCCC4)cc3)cc2NC(N=NN)C1. The molecule has 0 bridgehead atoms. The molecule has 1 saturated heterocycles. The second kappa shape index (κ2) is 8.86. The van der Waals surface area contributed by atoms with E-state index in [4.69, 9.17) is 11.4 Å². The number of fused-ring (bicyclic) bond motifs is 1. The molecule has 1 atom stereocenters. The highest BCUT2D eigenvalue weighted by atomic mass is 16.2. The van der Waals surface area contributed by atoms with Crippen LogP contribution in [0.25, 0.3) is 17.2 Å². The fourth-order valence-corrected chi connectivity index (χ4v) is 3.95. The van der Waals surface area contributed by atoms with E-state index in [0.717, 1.165) is 48.3 Å². The van der Waals surface area contributed by atoms with Gasteiger partial charge in [-0.1, -0.05) is 29.5 Å². The molecule has 2 aliphatic heterocycles. The molecule has 1 unspecified atom stereocenters. The van der Waals surface area contributed by atoms with Gasteiger partial charge >= 0.3 is 0 Å². The van der Waals surface area contributed by atoms with Crippen LogP contribution in [0.1, 0.15) is 35.2 Å². The number of amides is 2. The molecule has 1 fully saturated rings. The monoisotopic (exact) mass is 417 g/mol. The molecule has 2 aromatic carbocycles.